The van der Waals surface area contributed by atoms with Gasteiger partial charge >= 0.3 is 0 Å². The van der Waals surface area contributed by atoms with Gasteiger partial charge in [-0.3, -0.25) is 0 Å². The third kappa shape index (κ3) is 3.88. The lowest BCUT2D eigenvalue weighted by molar-refractivity contribution is 0.627. The van der Waals surface area contributed by atoms with Crippen molar-refractivity contribution in [1.82, 2.24) is 9.97 Å². The number of halogens is 1. The number of aromatic nitrogens is 2. The maximum absolute atomic E-state index is 12.9. The monoisotopic (exact) mass is 289 g/mol. The molecule has 0 saturated heterocycles. The van der Waals surface area contributed by atoms with Gasteiger partial charge in [0.05, 0.1) is 0 Å². The van der Waals surface area contributed by atoms with Gasteiger partial charge in [-0.15, -0.1) is 0 Å². The summed E-state index contributed by atoms with van der Waals surface area (Å²) >= 11 is 0. The Morgan fingerprint density at radius 3 is 2.48 bits per heavy atom. The fourth-order valence-electron chi connectivity index (χ4n) is 1.92. The van der Waals surface area contributed by atoms with Crippen LogP contribution in [-0.4, -0.2) is 17.0 Å². The summed E-state index contributed by atoms with van der Waals surface area (Å²) in [4.78, 5) is 10.8. The minimum atomic E-state index is -0.236. The molecular weight excluding hydrogens is 269 g/mol. The van der Waals surface area contributed by atoms with Crippen LogP contribution in [0.5, 0.6) is 0 Å². The molecule has 0 aliphatic rings. The first-order chi connectivity index (χ1) is 9.99. The van der Waals surface area contributed by atoms with Crippen molar-refractivity contribution in [1.29, 1.82) is 0 Å². The van der Waals surface area contributed by atoms with Crippen LogP contribution in [0.3, 0.4) is 0 Å². The van der Waals surface area contributed by atoms with Crippen molar-refractivity contribution < 1.29 is 4.39 Å². The van der Waals surface area contributed by atoms with Crippen LogP contribution >= 0.6 is 0 Å². The zero-order chi connectivity index (χ0) is 15.4. The molecule has 0 aliphatic carbocycles. The Morgan fingerprint density at radius 2 is 1.90 bits per heavy atom. The molecule has 0 aliphatic heterocycles. The van der Waals surface area contributed by atoms with E-state index in [4.69, 9.17) is 5.84 Å². The predicted molar refractivity (Wildman–Crippen MR) is 82.4 cm³/mol. The Bertz CT molecular complexity index is 598. The highest BCUT2D eigenvalue weighted by Crippen LogP contribution is 2.20. The average molecular weight is 289 g/mol. The van der Waals surface area contributed by atoms with Crippen LogP contribution in [0.15, 0.2) is 30.3 Å². The van der Waals surface area contributed by atoms with Crippen LogP contribution < -0.4 is 16.2 Å². The van der Waals surface area contributed by atoms with E-state index in [1.165, 1.54) is 12.1 Å². The summed E-state index contributed by atoms with van der Waals surface area (Å²) in [5.41, 5.74) is 3.57. The number of nitrogens with zero attached hydrogens (tertiary/aromatic N) is 3. The van der Waals surface area contributed by atoms with Crippen molar-refractivity contribution in [3.63, 3.8) is 0 Å². The SMILES string of the molecule is CC(C)c1nc(NN)cc(N(C)Cc2ccc(F)cc2)n1. The number of hydrazine groups is 1. The van der Waals surface area contributed by atoms with E-state index in [2.05, 4.69) is 15.4 Å². The van der Waals surface area contributed by atoms with Gasteiger partial charge in [0.2, 0.25) is 0 Å². The van der Waals surface area contributed by atoms with Gasteiger partial charge in [0.25, 0.3) is 0 Å². The van der Waals surface area contributed by atoms with Gasteiger partial charge in [0, 0.05) is 25.6 Å². The lowest BCUT2D eigenvalue weighted by atomic mass is 10.2. The van der Waals surface area contributed by atoms with Crippen LogP contribution in [0.2, 0.25) is 0 Å². The molecule has 0 bridgehead atoms. The number of hydrogen-bond donors (Lipinski definition) is 2. The molecule has 3 N–H and O–H groups in total. The lowest BCUT2D eigenvalue weighted by Crippen LogP contribution is -2.20. The zero-order valence-electron chi connectivity index (χ0n) is 12.5. The molecule has 5 nitrogen and oxygen atoms in total. The van der Waals surface area contributed by atoms with Crippen molar-refractivity contribution in [2.24, 2.45) is 5.84 Å². The van der Waals surface area contributed by atoms with Gasteiger partial charge in [-0.2, -0.15) is 0 Å². The van der Waals surface area contributed by atoms with E-state index >= 15 is 0 Å². The minimum Gasteiger partial charge on any atom is -0.355 e. The summed E-state index contributed by atoms with van der Waals surface area (Å²) in [7, 11) is 1.93. The summed E-state index contributed by atoms with van der Waals surface area (Å²) in [6.45, 7) is 4.68. The van der Waals surface area contributed by atoms with Gasteiger partial charge < -0.3 is 10.3 Å². The van der Waals surface area contributed by atoms with Crippen molar-refractivity contribution >= 4 is 11.6 Å². The van der Waals surface area contributed by atoms with E-state index in [1.54, 1.807) is 18.2 Å². The molecular formula is C15H20FN5. The summed E-state index contributed by atoms with van der Waals surface area (Å²) < 4.78 is 12.9. The molecule has 0 unspecified atom stereocenters. The van der Waals surface area contributed by atoms with Gasteiger partial charge in [-0.25, -0.2) is 20.2 Å². The van der Waals surface area contributed by atoms with E-state index < -0.39 is 0 Å². The summed E-state index contributed by atoms with van der Waals surface area (Å²) in [6.07, 6.45) is 0. The number of anilines is 2. The molecule has 0 amide bonds. The number of nitrogen functional groups attached to an aromatic ring is 1. The summed E-state index contributed by atoms with van der Waals surface area (Å²) in [5.74, 6) is 7.50. The summed E-state index contributed by atoms with van der Waals surface area (Å²) in [5, 5.41) is 0. The topological polar surface area (TPSA) is 67.1 Å². The molecule has 0 fully saturated rings. The molecule has 21 heavy (non-hydrogen) atoms. The molecule has 0 saturated carbocycles. The van der Waals surface area contributed by atoms with Crippen LogP contribution in [-0.2, 0) is 6.54 Å². The van der Waals surface area contributed by atoms with Crippen LogP contribution in [0.4, 0.5) is 16.0 Å². The van der Waals surface area contributed by atoms with E-state index in [-0.39, 0.29) is 11.7 Å². The largest absolute Gasteiger partial charge is 0.355 e. The van der Waals surface area contributed by atoms with Gasteiger partial charge in [-0.05, 0) is 17.7 Å². The third-order valence-corrected chi connectivity index (χ3v) is 3.12. The average Bonchev–Trinajstić information content (AvgIpc) is 2.49. The molecule has 1 aromatic heterocycles. The Morgan fingerprint density at radius 1 is 1.24 bits per heavy atom. The van der Waals surface area contributed by atoms with Crippen LogP contribution in [0, 0.1) is 5.82 Å². The molecule has 0 spiro atoms. The molecule has 6 heteroatoms. The van der Waals surface area contributed by atoms with Gasteiger partial charge in [0.1, 0.15) is 23.3 Å². The molecule has 2 rings (SSSR count). The summed E-state index contributed by atoms with van der Waals surface area (Å²) in [6, 6.07) is 8.22. The van der Waals surface area contributed by atoms with E-state index in [9.17, 15) is 4.39 Å². The highest BCUT2D eigenvalue weighted by Gasteiger charge is 2.11. The fraction of sp³-hybridized carbons (Fsp3) is 0.333. The van der Waals surface area contributed by atoms with Crippen molar-refractivity contribution in [2.45, 2.75) is 26.3 Å². The predicted octanol–water partition coefficient (Wildman–Crippen LogP) is 2.66. The molecule has 0 radical (unpaired) electrons. The lowest BCUT2D eigenvalue weighted by Gasteiger charge is -2.20. The van der Waals surface area contributed by atoms with E-state index in [1.807, 2.05) is 25.8 Å². The standard InChI is InChI=1S/C15H20FN5/c1-10(2)15-18-13(20-17)8-14(19-15)21(3)9-11-4-6-12(16)7-5-11/h4-8,10H,9,17H2,1-3H3,(H,18,19,20). The van der Waals surface area contributed by atoms with E-state index in [0.717, 1.165) is 17.2 Å². The highest BCUT2D eigenvalue weighted by atomic mass is 19.1. The van der Waals surface area contributed by atoms with Crippen LogP contribution in [0.25, 0.3) is 0 Å². The number of hydrogen-bond acceptors (Lipinski definition) is 5. The normalized spacial score (nSPS) is 10.8. The van der Waals surface area contributed by atoms with Gasteiger partial charge in [-0.1, -0.05) is 26.0 Å². The third-order valence-electron chi connectivity index (χ3n) is 3.12. The van der Waals surface area contributed by atoms with Gasteiger partial charge in [0.15, 0.2) is 0 Å². The quantitative estimate of drug-likeness (QED) is 0.654. The highest BCUT2D eigenvalue weighted by molar-refractivity contribution is 5.49. The second-order valence-electron chi connectivity index (χ2n) is 5.25. The molecule has 0 atom stereocenters. The van der Waals surface area contributed by atoms with Crippen molar-refractivity contribution in [2.75, 3.05) is 17.4 Å². The second-order valence-corrected chi connectivity index (χ2v) is 5.25. The zero-order valence-corrected chi connectivity index (χ0v) is 12.5. The first kappa shape index (κ1) is 15.2. The Balaban J connectivity index is 2.23. The van der Waals surface area contributed by atoms with Crippen molar-refractivity contribution in [3.05, 3.63) is 47.5 Å². The number of benzene rings is 1. The smallest absolute Gasteiger partial charge is 0.145 e. The fourth-order valence-corrected chi connectivity index (χ4v) is 1.92. The first-order valence-corrected chi connectivity index (χ1v) is 6.80. The Hall–Kier alpha value is -2.21. The number of rotatable bonds is 5. The second kappa shape index (κ2) is 6.49. The molecule has 112 valence electrons. The van der Waals surface area contributed by atoms with E-state index in [0.29, 0.717) is 12.4 Å². The molecule has 2 aromatic rings. The molecule has 1 aromatic carbocycles. The number of nitrogens with one attached hydrogen (secondary N) is 1. The first-order valence-electron chi connectivity index (χ1n) is 6.80. The Labute approximate surface area is 124 Å². The van der Waals surface area contributed by atoms with Crippen LogP contribution in [0.1, 0.15) is 31.2 Å². The molecule has 1 heterocycles. The number of nitrogens with two attached hydrogens (primary N) is 1. The maximum Gasteiger partial charge on any atom is 0.145 e. The van der Waals surface area contributed by atoms with Crippen molar-refractivity contribution in [3.8, 4) is 0 Å². The minimum absolute atomic E-state index is 0.205. The Kier molecular flexibility index (Phi) is 4.70. The maximum atomic E-state index is 12.9.